The molecule has 1 saturated carbocycles. The third kappa shape index (κ3) is 3.33. The van der Waals surface area contributed by atoms with E-state index in [4.69, 9.17) is 0 Å². The number of hydrogen-bond donors (Lipinski definition) is 2. The smallest absolute Gasteiger partial charge is 0.258 e. The molecule has 172 valence electrons. The number of aromatic nitrogens is 1. The summed E-state index contributed by atoms with van der Waals surface area (Å²) in [6, 6.07) is 3.00. The molecular formula is C25H33N3O4. The highest BCUT2D eigenvalue weighted by atomic mass is 16.3. The molecular weight excluding hydrogens is 406 g/mol. The maximum atomic E-state index is 13.4. The van der Waals surface area contributed by atoms with E-state index < -0.39 is 6.04 Å². The maximum absolute atomic E-state index is 13.4. The summed E-state index contributed by atoms with van der Waals surface area (Å²) in [4.78, 5) is 41.4. The highest BCUT2D eigenvalue weighted by Gasteiger charge is 2.57. The van der Waals surface area contributed by atoms with Crippen LogP contribution in [0.1, 0.15) is 75.6 Å². The van der Waals surface area contributed by atoms with E-state index in [1.807, 2.05) is 12.1 Å². The monoisotopic (exact) mass is 439 g/mol. The highest BCUT2D eigenvalue weighted by molar-refractivity contribution is 5.89. The van der Waals surface area contributed by atoms with Crippen LogP contribution < -0.4 is 10.9 Å². The molecule has 3 heterocycles. The third-order valence-electron chi connectivity index (χ3n) is 8.02. The van der Waals surface area contributed by atoms with Crippen LogP contribution in [-0.4, -0.2) is 45.1 Å². The molecule has 0 spiro atoms. The Morgan fingerprint density at radius 1 is 1.19 bits per heavy atom. The van der Waals surface area contributed by atoms with Gasteiger partial charge in [-0.15, -0.1) is 0 Å². The minimum absolute atomic E-state index is 0.0129. The number of hydrogen-bond acceptors (Lipinski definition) is 4. The average Bonchev–Trinajstić information content (AvgIpc) is 3.31. The van der Waals surface area contributed by atoms with Crippen molar-refractivity contribution >= 4 is 17.4 Å². The summed E-state index contributed by atoms with van der Waals surface area (Å²) in [6.07, 6.45) is 9.68. The lowest BCUT2D eigenvalue weighted by Gasteiger charge is -2.34. The number of allylic oxidation sites excluding steroid dienone is 2. The van der Waals surface area contributed by atoms with Gasteiger partial charge in [-0.25, -0.2) is 0 Å². The first-order valence-corrected chi connectivity index (χ1v) is 12.2. The fourth-order valence-corrected chi connectivity index (χ4v) is 6.12. The predicted octanol–water partition coefficient (Wildman–Crippen LogP) is 2.37. The highest BCUT2D eigenvalue weighted by Crippen LogP contribution is 2.49. The van der Waals surface area contributed by atoms with E-state index >= 15 is 0 Å². The number of carbonyl (C=O) groups excluding carboxylic acids is 2. The molecule has 4 atom stereocenters. The Kier molecular flexibility index (Phi) is 5.70. The van der Waals surface area contributed by atoms with Crippen LogP contribution in [-0.2, 0) is 16.1 Å². The van der Waals surface area contributed by atoms with Crippen LogP contribution >= 0.6 is 0 Å². The molecule has 1 aromatic rings. The normalized spacial score (nSPS) is 29.2. The Morgan fingerprint density at radius 3 is 2.62 bits per heavy atom. The number of aliphatic hydroxyl groups excluding tert-OH is 1. The van der Waals surface area contributed by atoms with Crippen molar-refractivity contribution in [2.24, 2.45) is 11.8 Å². The Labute approximate surface area is 188 Å². The van der Waals surface area contributed by atoms with Crippen LogP contribution in [0, 0.1) is 11.8 Å². The fourth-order valence-electron chi connectivity index (χ4n) is 6.12. The van der Waals surface area contributed by atoms with Crippen LogP contribution in [0.15, 0.2) is 23.0 Å². The van der Waals surface area contributed by atoms with E-state index in [2.05, 4.69) is 11.4 Å². The number of amides is 2. The van der Waals surface area contributed by atoms with Gasteiger partial charge in [0.05, 0.1) is 6.04 Å². The van der Waals surface area contributed by atoms with Gasteiger partial charge in [-0.2, -0.15) is 0 Å². The van der Waals surface area contributed by atoms with Gasteiger partial charge in [0.1, 0.15) is 6.04 Å². The zero-order valence-corrected chi connectivity index (χ0v) is 18.8. The lowest BCUT2D eigenvalue weighted by atomic mass is 9.87. The second-order valence-electron chi connectivity index (χ2n) is 9.75. The average molecular weight is 440 g/mol. The van der Waals surface area contributed by atoms with Crippen molar-refractivity contribution in [2.75, 3.05) is 6.61 Å². The van der Waals surface area contributed by atoms with Crippen molar-refractivity contribution in [2.45, 2.75) is 83.0 Å². The summed E-state index contributed by atoms with van der Waals surface area (Å²) in [6.45, 7) is 2.05. The quantitative estimate of drug-likeness (QED) is 0.737. The summed E-state index contributed by atoms with van der Waals surface area (Å²) in [7, 11) is 0. The van der Waals surface area contributed by atoms with Gasteiger partial charge in [0.25, 0.3) is 5.56 Å². The third-order valence-corrected chi connectivity index (χ3v) is 8.02. The van der Waals surface area contributed by atoms with E-state index in [1.165, 1.54) is 0 Å². The van der Waals surface area contributed by atoms with Gasteiger partial charge in [0, 0.05) is 48.7 Å². The minimum atomic E-state index is -0.687. The second kappa shape index (κ2) is 8.50. The number of nitrogens with one attached hydrogen (secondary N) is 1. The Morgan fingerprint density at radius 2 is 2.00 bits per heavy atom. The zero-order chi connectivity index (χ0) is 22.4. The molecule has 2 fully saturated rings. The van der Waals surface area contributed by atoms with Gasteiger partial charge in [-0.3, -0.25) is 14.4 Å². The molecule has 0 unspecified atom stereocenters. The molecule has 2 aliphatic carbocycles. The largest absolute Gasteiger partial charge is 0.396 e. The first-order valence-electron chi connectivity index (χ1n) is 12.2. The molecule has 2 N–H and O–H groups in total. The predicted molar refractivity (Wildman–Crippen MR) is 121 cm³/mol. The number of aliphatic hydroxyl groups is 1. The van der Waals surface area contributed by atoms with Gasteiger partial charge in [-0.05, 0) is 62.7 Å². The number of likely N-dealkylation sites (tertiary alicyclic amines) is 1. The summed E-state index contributed by atoms with van der Waals surface area (Å²) >= 11 is 0. The van der Waals surface area contributed by atoms with Gasteiger partial charge in [0.2, 0.25) is 11.8 Å². The molecule has 7 nitrogen and oxygen atoms in total. The van der Waals surface area contributed by atoms with Gasteiger partial charge in [0.15, 0.2) is 0 Å². The van der Waals surface area contributed by atoms with E-state index in [0.717, 1.165) is 61.8 Å². The SMILES string of the molecule is CCC(=O)N1[C@H](C(=O)NC2CCC2)[C@@H](CO)[C@@H]2Cn3c(ccc(C4=CCCCC4)c3=O)[C@@H]21. The number of nitrogens with zero attached hydrogens (tertiary/aromatic N) is 2. The molecule has 0 radical (unpaired) electrons. The van der Waals surface area contributed by atoms with Crippen molar-refractivity contribution in [1.82, 2.24) is 14.8 Å². The molecule has 7 heteroatoms. The molecule has 2 aliphatic heterocycles. The zero-order valence-electron chi connectivity index (χ0n) is 18.8. The molecule has 1 saturated heterocycles. The molecule has 1 aromatic heterocycles. The van der Waals surface area contributed by atoms with Crippen LogP contribution in [0.4, 0.5) is 0 Å². The molecule has 4 aliphatic rings. The minimum Gasteiger partial charge on any atom is -0.396 e. The number of pyridine rings is 1. The van der Waals surface area contributed by atoms with E-state index in [1.54, 1.807) is 16.4 Å². The van der Waals surface area contributed by atoms with E-state index in [-0.39, 0.29) is 54.3 Å². The van der Waals surface area contributed by atoms with E-state index in [0.29, 0.717) is 6.54 Å². The second-order valence-corrected chi connectivity index (χ2v) is 9.75. The van der Waals surface area contributed by atoms with Gasteiger partial charge >= 0.3 is 0 Å². The van der Waals surface area contributed by atoms with Crippen molar-refractivity contribution < 1.29 is 14.7 Å². The Bertz CT molecular complexity index is 1010. The standard InChI is InChI=1S/C25H33N3O4/c1-2-21(30)28-22-18(19(14-29)23(28)24(31)26-16-9-6-10-16)13-27-20(22)12-11-17(25(27)32)15-7-4-3-5-8-15/h7,11-12,16,18-19,22-23,29H,2-6,8-10,13-14H2,1H3,(H,26,31)/t18-,19-,22+,23-/m0/s1. The van der Waals surface area contributed by atoms with Crippen LogP contribution in [0.25, 0.3) is 5.57 Å². The van der Waals surface area contributed by atoms with Crippen molar-refractivity contribution in [3.05, 3.63) is 39.8 Å². The van der Waals surface area contributed by atoms with E-state index in [9.17, 15) is 19.5 Å². The van der Waals surface area contributed by atoms with Crippen molar-refractivity contribution in [3.8, 4) is 0 Å². The topological polar surface area (TPSA) is 91.6 Å². The van der Waals surface area contributed by atoms with Crippen LogP contribution in [0.5, 0.6) is 0 Å². The molecule has 0 aromatic carbocycles. The van der Waals surface area contributed by atoms with Crippen molar-refractivity contribution in [3.63, 3.8) is 0 Å². The summed E-state index contributed by atoms with van der Waals surface area (Å²) in [5.74, 6) is -0.796. The summed E-state index contributed by atoms with van der Waals surface area (Å²) in [5.41, 5.74) is 2.65. The van der Waals surface area contributed by atoms with Gasteiger partial charge in [-0.1, -0.05) is 13.0 Å². The molecule has 2 amide bonds. The number of rotatable bonds is 5. The Balaban J connectivity index is 1.53. The molecule has 32 heavy (non-hydrogen) atoms. The van der Waals surface area contributed by atoms with Crippen LogP contribution in [0.3, 0.4) is 0 Å². The molecule has 5 rings (SSSR count). The number of fused-ring (bicyclic) bond motifs is 3. The Hall–Kier alpha value is -2.41. The first kappa shape index (κ1) is 21.4. The lowest BCUT2D eigenvalue weighted by molar-refractivity contribution is -0.142. The van der Waals surface area contributed by atoms with Gasteiger partial charge < -0.3 is 19.9 Å². The first-order chi connectivity index (χ1) is 15.5. The number of carbonyl (C=O) groups is 2. The van der Waals surface area contributed by atoms with Crippen LogP contribution in [0.2, 0.25) is 0 Å². The lowest BCUT2D eigenvalue weighted by Crippen LogP contribution is -2.53. The fraction of sp³-hybridized carbons (Fsp3) is 0.640. The maximum Gasteiger partial charge on any atom is 0.258 e. The summed E-state index contributed by atoms with van der Waals surface area (Å²) in [5, 5.41) is 13.4. The van der Waals surface area contributed by atoms with Crippen molar-refractivity contribution in [1.29, 1.82) is 0 Å². The molecule has 0 bridgehead atoms. The summed E-state index contributed by atoms with van der Waals surface area (Å²) < 4.78 is 1.79.